The highest BCUT2D eigenvalue weighted by atomic mass is 79.9. The smallest absolute Gasteiger partial charge is 0.134 e. The third-order valence-corrected chi connectivity index (χ3v) is 2.37. The molecule has 3 nitrogen and oxygen atoms in total. The van der Waals surface area contributed by atoms with Crippen LogP contribution < -0.4 is 5.73 Å². The van der Waals surface area contributed by atoms with Crippen LogP contribution in [0.2, 0.25) is 0 Å². The molecule has 1 aromatic carbocycles. The molecule has 3 N–H and O–H groups in total. The number of nitriles is 1. The van der Waals surface area contributed by atoms with E-state index in [4.69, 9.17) is 11.0 Å². The molecule has 0 bridgehead atoms. The van der Waals surface area contributed by atoms with Crippen LogP contribution in [0.15, 0.2) is 22.7 Å². The Morgan fingerprint density at radius 1 is 1.57 bits per heavy atom. The summed E-state index contributed by atoms with van der Waals surface area (Å²) in [5, 5.41) is 18.0. The lowest BCUT2D eigenvalue weighted by atomic mass is 10.0. The number of hydrogen-bond donors (Lipinski definition) is 2. The number of para-hydroxylation sites is 1. The Morgan fingerprint density at radius 2 is 2.21 bits per heavy atom. The zero-order chi connectivity index (χ0) is 9.84. The number of phenolic OH excluding ortho intramolecular Hbond substituents is 1. The molecule has 0 radical (unpaired) electrons. The summed E-state index contributed by atoms with van der Waals surface area (Å²) in [6.07, 6.45) is 0.198. The summed E-state index contributed by atoms with van der Waals surface area (Å²) in [4.78, 5) is 0. The summed E-state index contributed by atoms with van der Waals surface area (Å²) in [7, 11) is 0. The third kappa shape index (κ3) is 2.88. The molecule has 76 valence electrons. The quantitative estimate of drug-likeness (QED) is 0.872. The fourth-order valence-corrected chi connectivity index (χ4v) is 1.42. The van der Waals surface area contributed by atoms with Gasteiger partial charge < -0.3 is 10.8 Å². The number of nitrogens with zero attached hydrogens (tertiary/aromatic N) is 1. The van der Waals surface area contributed by atoms with Crippen molar-refractivity contribution in [3.63, 3.8) is 0 Å². The molecular formula is C9H10BrClN2O. The maximum Gasteiger partial charge on any atom is 0.134 e. The lowest BCUT2D eigenvalue weighted by molar-refractivity contribution is 0.458. The van der Waals surface area contributed by atoms with Gasteiger partial charge in [-0.2, -0.15) is 5.26 Å². The Bertz CT molecular complexity index is 351. The van der Waals surface area contributed by atoms with Crippen LogP contribution in [0.3, 0.4) is 0 Å². The average Bonchev–Trinajstić information content (AvgIpc) is 2.10. The van der Waals surface area contributed by atoms with Gasteiger partial charge in [-0.25, -0.2) is 0 Å². The molecule has 0 heterocycles. The first-order chi connectivity index (χ1) is 6.16. The van der Waals surface area contributed by atoms with Gasteiger partial charge in [0.25, 0.3) is 0 Å². The van der Waals surface area contributed by atoms with Crippen molar-refractivity contribution in [3.8, 4) is 11.8 Å². The predicted molar refractivity (Wildman–Crippen MR) is 60.2 cm³/mol. The highest BCUT2D eigenvalue weighted by molar-refractivity contribution is 9.10. The Kier molecular flexibility index (Phi) is 5.55. The fourth-order valence-electron chi connectivity index (χ4n) is 1.04. The monoisotopic (exact) mass is 276 g/mol. The van der Waals surface area contributed by atoms with Crippen molar-refractivity contribution in [2.45, 2.75) is 12.5 Å². The largest absolute Gasteiger partial charge is 0.506 e. The van der Waals surface area contributed by atoms with E-state index in [1.165, 1.54) is 0 Å². The summed E-state index contributed by atoms with van der Waals surface area (Å²) in [5.74, 6) is 0.116. The number of aromatic hydroxyl groups is 1. The SMILES string of the molecule is Cl.N#CC[C@@H](N)c1cccc(Br)c1O. The highest BCUT2D eigenvalue weighted by Gasteiger charge is 2.11. The van der Waals surface area contributed by atoms with Gasteiger partial charge in [-0.1, -0.05) is 12.1 Å². The number of hydrogen-bond acceptors (Lipinski definition) is 3. The Labute approximate surface area is 97.1 Å². The van der Waals surface area contributed by atoms with Crippen molar-refractivity contribution in [1.82, 2.24) is 0 Å². The minimum absolute atomic E-state index is 0. The van der Waals surface area contributed by atoms with Crippen LogP contribution in [-0.2, 0) is 0 Å². The number of rotatable bonds is 2. The molecule has 0 aliphatic rings. The summed E-state index contributed by atoms with van der Waals surface area (Å²) >= 11 is 3.18. The molecular weight excluding hydrogens is 267 g/mol. The number of halogens is 2. The summed E-state index contributed by atoms with van der Waals surface area (Å²) in [6.45, 7) is 0. The molecule has 5 heteroatoms. The molecule has 1 atom stereocenters. The van der Waals surface area contributed by atoms with Crippen LogP contribution in [0.5, 0.6) is 5.75 Å². The molecule has 1 aromatic rings. The molecule has 0 amide bonds. The van der Waals surface area contributed by atoms with E-state index in [0.717, 1.165) is 0 Å². The first-order valence-electron chi connectivity index (χ1n) is 3.76. The first-order valence-corrected chi connectivity index (χ1v) is 4.56. The van der Waals surface area contributed by atoms with E-state index in [-0.39, 0.29) is 24.6 Å². The molecule has 0 fully saturated rings. The molecule has 0 aliphatic heterocycles. The van der Waals surface area contributed by atoms with E-state index in [9.17, 15) is 5.11 Å². The second kappa shape index (κ2) is 5.86. The van der Waals surface area contributed by atoms with E-state index in [2.05, 4.69) is 15.9 Å². The molecule has 14 heavy (non-hydrogen) atoms. The zero-order valence-electron chi connectivity index (χ0n) is 7.27. The van der Waals surface area contributed by atoms with E-state index < -0.39 is 6.04 Å². The topological polar surface area (TPSA) is 70.0 Å². The highest BCUT2D eigenvalue weighted by Crippen LogP contribution is 2.31. The van der Waals surface area contributed by atoms with Gasteiger partial charge in [0, 0.05) is 11.6 Å². The predicted octanol–water partition coefficient (Wildman–Crippen LogP) is 2.49. The van der Waals surface area contributed by atoms with E-state index in [1.54, 1.807) is 18.2 Å². The van der Waals surface area contributed by atoms with E-state index in [0.29, 0.717) is 10.0 Å². The van der Waals surface area contributed by atoms with Crippen LogP contribution in [-0.4, -0.2) is 5.11 Å². The number of phenols is 1. The second-order valence-corrected chi connectivity index (χ2v) is 3.50. The molecule has 1 rings (SSSR count). The molecule has 0 aliphatic carbocycles. The molecule has 0 spiro atoms. The molecule has 0 aromatic heterocycles. The van der Waals surface area contributed by atoms with Crippen molar-refractivity contribution >= 4 is 28.3 Å². The maximum atomic E-state index is 9.56. The van der Waals surface area contributed by atoms with Crippen molar-refractivity contribution in [1.29, 1.82) is 5.26 Å². The normalized spacial score (nSPS) is 11.2. The van der Waals surface area contributed by atoms with Crippen molar-refractivity contribution in [3.05, 3.63) is 28.2 Å². The van der Waals surface area contributed by atoms with Gasteiger partial charge in [0.05, 0.1) is 17.0 Å². The van der Waals surface area contributed by atoms with Gasteiger partial charge in [-0.3, -0.25) is 0 Å². The molecule has 0 saturated heterocycles. The lowest BCUT2D eigenvalue weighted by Crippen LogP contribution is -2.09. The Morgan fingerprint density at radius 3 is 2.79 bits per heavy atom. The van der Waals surface area contributed by atoms with Crippen LogP contribution in [0.25, 0.3) is 0 Å². The van der Waals surface area contributed by atoms with Crippen molar-refractivity contribution in [2.75, 3.05) is 0 Å². The van der Waals surface area contributed by atoms with Gasteiger partial charge in [-0.05, 0) is 22.0 Å². The number of benzene rings is 1. The summed E-state index contributed by atoms with van der Waals surface area (Å²) in [5.41, 5.74) is 6.27. The zero-order valence-corrected chi connectivity index (χ0v) is 9.68. The van der Waals surface area contributed by atoms with Crippen LogP contribution in [0.4, 0.5) is 0 Å². The lowest BCUT2D eigenvalue weighted by Gasteiger charge is -2.10. The molecule has 0 saturated carbocycles. The van der Waals surface area contributed by atoms with Gasteiger partial charge >= 0.3 is 0 Å². The Hall–Kier alpha value is -0.760. The average molecular weight is 278 g/mol. The maximum absolute atomic E-state index is 9.56. The third-order valence-electron chi connectivity index (χ3n) is 1.73. The summed E-state index contributed by atoms with van der Waals surface area (Å²) < 4.78 is 0.596. The van der Waals surface area contributed by atoms with Crippen LogP contribution in [0.1, 0.15) is 18.0 Å². The molecule has 0 unspecified atom stereocenters. The van der Waals surface area contributed by atoms with Gasteiger partial charge in [-0.15, -0.1) is 12.4 Å². The fraction of sp³-hybridized carbons (Fsp3) is 0.222. The van der Waals surface area contributed by atoms with E-state index in [1.807, 2.05) is 6.07 Å². The van der Waals surface area contributed by atoms with Crippen molar-refractivity contribution < 1.29 is 5.11 Å². The first kappa shape index (κ1) is 13.2. The second-order valence-electron chi connectivity index (χ2n) is 2.65. The number of nitrogens with two attached hydrogens (primary N) is 1. The standard InChI is InChI=1S/C9H9BrN2O.ClH/c10-7-3-1-2-6(9(7)13)8(12)4-5-11;/h1-3,8,13H,4,12H2;1H/t8-;/m1./s1. The summed E-state index contributed by atoms with van der Waals surface area (Å²) in [6, 6.07) is 6.74. The van der Waals surface area contributed by atoms with Crippen LogP contribution in [0, 0.1) is 11.3 Å². The Balaban J connectivity index is 0.00000169. The van der Waals surface area contributed by atoms with Gasteiger partial charge in [0.2, 0.25) is 0 Å². The van der Waals surface area contributed by atoms with Gasteiger partial charge in [0.1, 0.15) is 5.75 Å². The van der Waals surface area contributed by atoms with Gasteiger partial charge in [0.15, 0.2) is 0 Å². The minimum Gasteiger partial charge on any atom is -0.506 e. The van der Waals surface area contributed by atoms with Crippen molar-refractivity contribution in [2.24, 2.45) is 5.73 Å². The van der Waals surface area contributed by atoms with E-state index >= 15 is 0 Å². The van der Waals surface area contributed by atoms with Crippen LogP contribution >= 0.6 is 28.3 Å². The minimum atomic E-state index is -0.428.